The van der Waals surface area contributed by atoms with Crippen LogP contribution in [0, 0.1) is 13.8 Å². The van der Waals surface area contributed by atoms with Gasteiger partial charge >= 0.3 is 0 Å². The van der Waals surface area contributed by atoms with Gasteiger partial charge in [0.25, 0.3) is 5.91 Å². The largest absolute Gasteiger partial charge is 0.463 e. The molecule has 3 N–H and O–H groups in total. The molecule has 0 aliphatic heterocycles. The molecule has 0 saturated carbocycles. The number of amides is 1. The van der Waals surface area contributed by atoms with Gasteiger partial charge in [0.15, 0.2) is 18.3 Å². The molecule has 5 heteroatoms. The van der Waals surface area contributed by atoms with E-state index in [1.165, 1.54) is 0 Å². The van der Waals surface area contributed by atoms with E-state index in [1.54, 1.807) is 6.26 Å². The molecule has 26 heavy (non-hydrogen) atoms. The van der Waals surface area contributed by atoms with Crippen LogP contribution in [0.1, 0.15) is 28.5 Å². The molecule has 0 aliphatic carbocycles. The highest BCUT2D eigenvalue weighted by atomic mass is 35.5. The number of halogens is 1. The molecule has 0 spiro atoms. The van der Waals surface area contributed by atoms with Crippen LogP contribution in [0.5, 0.6) is 0 Å². The molecule has 0 fully saturated rings. The van der Waals surface area contributed by atoms with Crippen molar-refractivity contribution in [1.82, 2.24) is 0 Å². The maximum Gasteiger partial charge on any atom is 0.279 e. The van der Waals surface area contributed by atoms with E-state index in [-0.39, 0.29) is 18.5 Å². The highest BCUT2D eigenvalue weighted by Crippen LogP contribution is 2.27. The summed E-state index contributed by atoms with van der Waals surface area (Å²) >= 11 is 6.28. The number of carbonyl (C=O) groups is 1. The SMILES string of the molecule is Cc1cc(C)c(NC(=O)C[NH2+][C@@H](c2ccccc2)c2ccco2)c(Cl)c1. The Morgan fingerprint density at radius 3 is 2.58 bits per heavy atom. The van der Waals surface area contributed by atoms with Crippen LogP contribution in [0.25, 0.3) is 0 Å². The first-order chi connectivity index (χ1) is 12.5. The molecule has 3 aromatic rings. The molecule has 0 radical (unpaired) electrons. The lowest BCUT2D eigenvalue weighted by atomic mass is 10.0. The minimum Gasteiger partial charge on any atom is -0.463 e. The summed E-state index contributed by atoms with van der Waals surface area (Å²) in [5.41, 5.74) is 3.78. The van der Waals surface area contributed by atoms with Gasteiger partial charge in [-0.1, -0.05) is 48.0 Å². The van der Waals surface area contributed by atoms with Crippen molar-refractivity contribution >= 4 is 23.2 Å². The molecule has 1 atom stereocenters. The number of hydrogen-bond acceptors (Lipinski definition) is 2. The van der Waals surface area contributed by atoms with Gasteiger partial charge in [0.2, 0.25) is 0 Å². The third-order valence-corrected chi connectivity index (χ3v) is 4.54. The van der Waals surface area contributed by atoms with Gasteiger partial charge < -0.3 is 15.1 Å². The number of nitrogens with two attached hydrogens (primary N) is 1. The van der Waals surface area contributed by atoms with Crippen molar-refractivity contribution in [3.8, 4) is 0 Å². The average Bonchev–Trinajstić information content (AvgIpc) is 3.13. The Bertz CT molecular complexity index is 853. The molecule has 1 heterocycles. The number of quaternary nitrogens is 1. The Hall–Kier alpha value is -2.56. The van der Waals surface area contributed by atoms with E-state index in [0.717, 1.165) is 22.5 Å². The first-order valence-corrected chi connectivity index (χ1v) is 8.90. The van der Waals surface area contributed by atoms with E-state index in [1.807, 2.05) is 73.8 Å². The Balaban J connectivity index is 1.71. The summed E-state index contributed by atoms with van der Waals surface area (Å²) in [5.74, 6) is 0.708. The fourth-order valence-electron chi connectivity index (χ4n) is 3.03. The fourth-order valence-corrected chi connectivity index (χ4v) is 3.40. The summed E-state index contributed by atoms with van der Waals surface area (Å²) in [4.78, 5) is 12.5. The molecule has 2 aromatic carbocycles. The van der Waals surface area contributed by atoms with E-state index in [9.17, 15) is 4.79 Å². The molecule has 0 unspecified atom stereocenters. The lowest BCUT2D eigenvalue weighted by Gasteiger charge is -2.15. The molecule has 0 bridgehead atoms. The zero-order chi connectivity index (χ0) is 18.5. The molecule has 3 rings (SSSR count). The van der Waals surface area contributed by atoms with Gasteiger partial charge in [-0.3, -0.25) is 4.79 Å². The van der Waals surface area contributed by atoms with Crippen LogP contribution in [-0.2, 0) is 4.79 Å². The number of furan rings is 1. The van der Waals surface area contributed by atoms with Crippen LogP contribution >= 0.6 is 11.6 Å². The van der Waals surface area contributed by atoms with Crippen molar-refractivity contribution in [2.24, 2.45) is 0 Å². The Morgan fingerprint density at radius 1 is 1.15 bits per heavy atom. The third kappa shape index (κ3) is 4.34. The maximum absolute atomic E-state index is 12.5. The number of carbonyl (C=O) groups excluding carboxylic acids is 1. The first-order valence-electron chi connectivity index (χ1n) is 8.53. The van der Waals surface area contributed by atoms with E-state index < -0.39 is 0 Å². The van der Waals surface area contributed by atoms with Gasteiger partial charge in [0.1, 0.15) is 0 Å². The van der Waals surface area contributed by atoms with Crippen molar-refractivity contribution in [3.63, 3.8) is 0 Å². The van der Waals surface area contributed by atoms with E-state index in [2.05, 4.69) is 5.32 Å². The van der Waals surface area contributed by atoms with E-state index in [4.69, 9.17) is 16.0 Å². The number of nitrogens with one attached hydrogen (secondary N) is 1. The van der Waals surface area contributed by atoms with Crippen LogP contribution in [-0.4, -0.2) is 12.5 Å². The molecule has 4 nitrogen and oxygen atoms in total. The molecule has 1 aromatic heterocycles. The topological polar surface area (TPSA) is 58.9 Å². The predicted octanol–water partition coefficient (Wildman–Crippen LogP) is 3.84. The Morgan fingerprint density at radius 2 is 1.92 bits per heavy atom. The smallest absolute Gasteiger partial charge is 0.279 e. The number of hydrogen-bond donors (Lipinski definition) is 2. The van der Waals surface area contributed by atoms with Crippen molar-refractivity contribution in [2.45, 2.75) is 19.9 Å². The van der Waals surface area contributed by atoms with Crippen molar-refractivity contribution in [2.75, 3.05) is 11.9 Å². The van der Waals surface area contributed by atoms with Crippen LogP contribution in [0.3, 0.4) is 0 Å². The van der Waals surface area contributed by atoms with Crippen LogP contribution < -0.4 is 10.6 Å². The zero-order valence-electron chi connectivity index (χ0n) is 14.8. The third-order valence-electron chi connectivity index (χ3n) is 4.24. The average molecular weight is 370 g/mol. The summed E-state index contributed by atoms with van der Waals surface area (Å²) < 4.78 is 5.57. The minimum atomic E-state index is -0.105. The van der Waals surface area contributed by atoms with Crippen molar-refractivity contribution in [3.05, 3.63) is 88.3 Å². The number of aryl methyl sites for hydroxylation is 2. The fraction of sp³-hybridized carbons (Fsp3) is 0.190. The monoisotopic (exact) mass is 369 g/mol. The summed E-state index contributed by atoms with van der Waals surface area (Å²) in [6, 6.07) is 17.5. The predicted molar refractivity (Wildman–Crippen MR) is 103 cm³/mol. The molecule has 1 amide bonds. The molecule has 0 aliphatic rings. The second-order valence-corrected chi connectivity index (χ2v) is 6.74. The van der Waals surface area contributed by atoms with Crippen molar-refractivity contribution in [1.29, 1.82) is 0 Å². The first kappa shape index (κ1) is 18.2. The van der Waals surface area contributed by atoms with Crippen LogP contribution in [0.2, 0.25) is 5.02 Å². The molecule has 134 valence electrons. The Kier molecular flexibility index (Phi) is 5.76. The molecule has 0 saturated heterocycles. The van der Waals surface area contributed by atoms with Crippen LogP contribution in [0.15, 0.2) is 65.3 Å². The standard InChI is InChI=1S/C21H21ClN2O2/c1-14-11-15(2)20(17(22)12-14)24-19(25)13-23-21(18-9-6-10-26-18)16-7-4-3-5-8-16/h3-12,21,23H,13H2,1-2H3,(H,24,25)/p+1/t21-/m0/s1. The Labute approximate surface area is 158 Å². The second kappa shape index (κ2) is 8.21. The number of anilines is 1. The number of rotatable bonds is 6. The lowest BCUT2D eigenvalue weighted by molar-refractivity contribution is -0.678. The summed E-state index contributed by atoms with van der Waals surface area (Å²) in [6.07, 6.45) is 1.65. The quantitative estimate of drug-likeness (QED) is 0.693. The van der Waals surface area contributed by atoms with Crippen molar-refractivity contribution < 1.29 is 14.5 Å². The van der Waals surface area contributed by atoms with Gasteiger partial charge in [-0.2, -0.15) is 0 Å². The maximum atomic E-state index is 12.5. The van der Waals surface area contributed by atoms with Crippen LogP contribution in [0.4, 0.5) is 5.69 Å². The van der Waals surface area contributed by atoms with Gasteiger partial charge in [-0.05, 0) is 43.2 Å². The number of benzene rings is 2. The van der Waals surface area contributed by atoms with Gasteiger partial charge in [-0.25, -0.2) is 0 Å². The van der Waals surface area contributed by atoms with Gasteiger partial charge in [0, 0.05) is 5.56 Å². The minimum absolute atomic E-state index is 0.0773. The normalized spacial score (nSPS) is 12.0. The summed E-state index contributed by atoms with van der Waals surface area (Å²) in [5, 5.41) is 5.44. The second-order valence-electron chi connectivity index (χ2n) is 6.33. The van der Waals surface area contributed by atoms with E-state index >= 15 is 0 Å². The zero-order valence-corrected chi connectivity index (χ0v) is 15.6. The highest BCUT2D eigenvalue weighted by Gasteiger charge is 2.21. The summed E-state index contributed by atoms with van der Waals surface area (Å²) in [6.45, 7) is 4.17. The molecular formula is C21H22ClN2O2+. The van der Waals surface area contributed by atoms with Gasteiger partial charge in [-0.15, -0.1) is 0 Å². The summed E-state index contributed by atoms with van der Waals surface area (Å²) in [7, 11) is 0. The lowest BCUT2D eigenvalue weighted by Crippen LogP contribution is -2.87. The molecular weight excluding hydrogens is 348 g/mol. The highest BCUT2D eigenvalue weighted by molar-refractivity contribution is 6.34. The van der Waals surface area contributed by atoms with E-state index in [0.29, 0.717) is 10.7 Å². The van der Waals surface area contributed by atoms with Gasteiger partial charge in [0.05, 0.1) is 17.0 Å².